The van der Waals surface area contributed by atoms with Gasteiger partial charge in [0.2, 0.25) is 0 Å². The molecule has 0 bridgehead atoms. The van der Waals surface area contributed by atoms with E-state index in [-0.39, 0.29) is 12.0 Å². The first-order valence-electron chi connectivity index (χ1n) is 5.94. The molecule has 100 valence electrons. The smallest absolute Gasteiger partial charge is 0.312 e. The van der Waals surface area contributed by atoms with Gasteiger partial charge in [0.05, 0.1) is 12.5 Å². The maximum Gasteiger partial charge on any atom is 0.312 e. The average Bonchev–Trinajstić information content (AvgIpc) is 2.35. The molecule has 0 amide bonds. The van der Waals surface area contributed by atoms with Gasteiger partial charge in [0.15, 0.2) is 0 Å². The van der Waals surface area contributed by atoms with Gasteiger partial charge in [-0.15, -0.1) is 0 Å². The van der Waals surface area contributed by atoms with Gasteiger partial charge in [0.1, 0.15) is 0 Å². The van der Waals surface area contributed by atoms with Crippen molar-refractivity contribution in [3.63, 3.8) is 0 Å². The molecule has 1 aromatic rings. The molecule has 0 aliphatic rings. The first kappa shape index (κ1) is 15.0. The van der Waals surface area contributed by atoms with Crippen molar-refractivity contribution < 1.29 is 9.53 Å². The van der Waals surface area contributed by atoms with Gasteiger partial charge in [0.25, 0.3) is 0 Å². The summed E-state index contributed by atoms with van der Waals surface area (Å²) in [6.07, 6.45) is 0. The summed E-state index contributed by atoms with van der Waals surface area (Å²) in [5.74, 6) is -0.215. The third kappa shape index (κ3) is 4.00. The van der Waals surface area contributed by atoms with E-state index >= 15 is 0 Å². The summed E-state index contributed by atoms with van der Waals surface area (Å²) in [6.45, 7) is 6.30. The quantitative estimate of drug-likeness (QED) is 0.835. The minimum Gasteiger partial charge on any atom is -0.469 e. The van der Waals surface area contributed by atoms with E-state index in [1.807, 2.05) is 45.0 Å². The van der Waals surface area contributed by atoms with E-state index in [0.717, 1.165) is 5.56 Å². The molecule has 0 aliphatic heterocycles. The number of benzene rings is 1. The molecule has 0 fully saturated rings. The minimum atomic E-state index is -0.540. The van der Waals surface area contributed by atoms with Crippen molar-refractivity contribution in [2.75, 3.05) is 13.7 Å². The van der Waals surface area contributed by atoms with Crippen LogP contribution in [0.3, 0.4) is 0 Å². The lowest BCUT2D eigenvalue weighted by molar-refractivity contribution is -0.150. The standard InChI is InChI=1S/C14H20ClNO2/c1-10(11-6-5-7-12(15)8-11)16-9-14(2,3)13(17)18-4/h5-8,10,16H,9H2,1-4H3/t10-/m0/s1. The van der Waals surface area contributed by atoms with Crippen LogP contribution >= 0.6 is 11.6 Å². The highest BCUT2D eigenvalue weighted by molar-refractivity contribution is 6.30. The maximum absolute atomic E-state index is 11.6. The fourth-order valence-electron chi connectivity index (χ4n) is 1.65. The average molecular weight is 270 g/mol. The van der Waals surface area contributed by atoms with E-state index in [1.165, 1.54) is 7.11 Å². The second kappa shape index (κ2) is 6.21. The molecule has 0 saturated carbocycles. The minimum absolute atomic E-state index is 0.132. The van der Waals surface area contributed by atoms with E-state index in [1.54, 1.807) is 0 Å². The molecule has 1 aromatic carbocycles. The zero-order valence-electron chi connectivity index (χ0n) is 11.3. The molecule has 0 aromatic heterocycles. The Morgan fingerprint density at radius 1 is 1.50 bits per heavy atom. The van der Waals surface area contributed by atoms with Gasteiger partial charge < -0.3 is 10.1 Å². The van der Waals surface area contributed by atoms with Crippen LogP contribution in [-0.2, 0) is 9.53 Å². The largest absolute Gasteiger partial charge is 0.469 e. The molecule has 1 atom stereocenters. The molecule has 1 rings (SSSR count). The summed E-state index contributed by atoms with van der Waals surface area (Å²) in [5, 5.41) is 4.04. The van der Waals surface area contributed by atoms with Crippen molar-refractivity contribution in [2.45, 2.75) is 26.8 Å². The Kier molecular flexibility index (Phi) is 5.17. The van der Waals surface area contributed by atoms with Gasteiger partial charge in [-0.1, -0.05) is 23.7 Å². The van der Waals surface area contributed by atoms with Gasteiger partial charge in [-0.3, -0.25) is 4.79 Å². The van der Waals surface area contributed by atoms with Crippen molar-refractivity contribution in [3.8, 4) is 0 Å². The molecule has 0 aliphatic carbocycles. The summed E-state index contributed by atoms with van der Waals surface area (Å²) in [5.41, 5.74) is 0.560. The Morgan fingerprint density at radius 2 is 2.17 bits per heavy atom. The fourth-order valence-corrected chi connectivity index (χ4v) is 1.85. The maximum atomic E-state index is 11.6. The van der Waals surface area contributed by atoms with Crippen molar-refractivity contribution in [1.82, 2.24) is 5.32 Å². The molecule has 3 nitrogen and oxygen atoms in total. The summed E-state index contributed by atoms with van der Waals surface area (Å²) in [7, 11) is 1.41. The number of nitrogens with one attached hydrogen (secondary N) is 1. The second-order valence-electron chi connectivity index (χ2n) is 5.03. The SMILES string of the molecule is COC(=O)C(C)(C)CN[C@@H](C)c1cccc(Cl)c1. The topological polar surface area (TPSA) is 38.3 Å². The third-order valence-corrected chi connectivity index (χ3v) is 3.17. The summed E-state index contributed by atoms with van der Waals surface area (Å²) in [4.78, 5) is 11.6. The van der Waals surface area contributed by atoms with E-state index in [2.05, 4.69) is 5.32 Å². The molecule has 0 unspecified atom stereocenters. The molecule has 0 saturated heterocycles. The zero-order chi connectivity index (χ0) is 13.8. The van der Waals surface area contributed by atoms with E-state index < -0.39 is 5.41 Å². The van der Waals surface area contributed by atoms with Crippen LogP contribution in [0, 0.1) is 5.41 Å². The van der Waals surface area contributed by atoms with Crippen molar-refractivity contribution in [2.24, 2.45) is 5.41 Å². The molecule has 0 radical (unpaired) electrons. The number of carbonyl (C=O) groups is 1. The Morgan fingerprint density at radius 3 is 2.72 bits per heavy atom. The van der Waals surface area contributed by atoms with Gasteiger partial charge >= 0.3 is 5.97 Å². The van der Waals surface area contributed by atoms with Crippen molar-refractivity contribution in [1.29, 1.82) is 0 Å². The lowest BCUT2D eigenvalue weighted by Gasteiger charge is -2.24. The second-order valence-corrected chi connectivity index (χ2v) is 5.47. The molecular weight excluding hydrogens is 250 g/mol. The normalized spacial score (nSPS) is 13.2. The predicted molar refractivity (Wildman–Crippen MR) is 73.7 cm³/mol. The number of ether oxygens (including phenoxy) is 1. The molecule has 0 heterocycles. The van der Waals surface area contributed by atoms with Crippen LogP contribution in [0.5, 0.6) is 0 Å². The lowest BCUT2D eigenvalue weighted by Crippen LogP contribution is -2.37. The van der Waals surface area contributed by atoms with Gasteiger partial charge in [-0.25, -0.2) is 0 Å². The van der Waals surface area contributed by atoms with E-state index in [0.29, 0.717) is 11.6 Å². The van der Waals surface area contributed by atoms with Crippen LogP contribution in [0.15, 0.2) is 24.3 Å². The number of esters is 1. The number of carbonyl (C=O) groups excluding carboxylic acids is 1. The molecule has 18 heavy (non-hydrogen) atoms. The van der Waals surface area contributed by atoms with Crippen molar-refractivity contribution in [3.05, 3.63) is 34.9 Å². The Bertz CT molecular complexity index is 418. The van der Waals surface area contributed by atoms with Crippen LogP contribution in [0.2, 0.25) is 5.02 Å². The Labute approximate surface area is 113 Å². The molecule has 1 N–H and O–H groups in total. The van der Waals surface area contributed by atoms with Gasteiger partial charge in [-0.2, -0.15) is 0 Å². The Balaban J connectivity index is 2.61. The third-order valence-electron chi connectivity index (χ3n) is 2.94. The zero-order valence-corrected chi connectivity index (χ0v) is 12.0. The highest BCUT2D eigenvalue weighted by atomic mass is 35.5. The van der Waals surface area contributed by atoms with Crippen LogP contribution in [-0.4, -0.2) is 19.6 Å². The van der Waals surface area contributed by atoms with Crippen LogP contribution in [0.25, 0.3) is 0 Å². The number of rotatable bonds is 5. The van der Waals surface area contributed by atoms with Crippen molar-refractivity contribution >= 4 is 17.6 Å². The monoisotopic (exact) mass is 269 g/mol. The van der Waals surface area contributed by atoms with E-state index in [4.69, 9.17) is 16.3 Å². The fraction of sp³-hybridized carbons (Fsp3) is 0.500. The molecular formula is C14H20ClNO2. The number of hydrogen-bond acceptors (Lipinski definition) is 3. The predicted octanol–water partition coefficient (Wildman–Crippen LogP) is 3.19. The van der Waals surface area contributed by atoms with Gasteiger partial charge in [0, 0.05) is 17.6 Å². The van der Waals surface area contributed by atoms with Crippen LogP contribution in [0.4, 0.5) is 0 Å². The number of halogens is 1. The lowest BCUT2D eigenvalue weighted by atomic mass is 9.93. The highest BCUT2D eigenvalue weighted by Gasteiger charge is 2.28. The summed E-state index contributed by atoms with van der Waals surface area (Å²) in [6, 6.07) is 7.82. The first-order chi connectivity index (χ1) is 8.36. The number of methoxy groups -OCH3 is 1. The highest BCUT2D eigenvalue weighted by Crippen LogP contribution is 2.20. The first-order valence-corrected chi connectivity index (χ1v) is 6.32. The summed E-state index contributed by atoms with van der Waals surface area (Å²) >= 11 is 5.95. The Hall–Kier alpha value is -1.06. The van der Waals surface area contributed by atoms with E-state index in [9.17, 15) is 4.79 Å². The number of hydrogen-bond donors (Lipinski definition) is 1. The molecule has 4 heteroatoms. The summed E-state index contributed by atoms with van der Waals surface area (Å²) < 4.78 is 4.77. The van der Waals surface area contributed by atoms with Gasteiger partial charge in [-0.05, 0) is 38.5 Å². The molecule has 0 spiro atoms. The van der Waals surface area contributed by atoms with Crippen LogP contribution in [0.1, 0.15) is 32.4 Å². The van der Waals surface area contributed by atoms with Crippen LogP contribution < -0.4 is 5.32 Å².